The Hall–Kier alpha value is -2.33. The highest BCUT2D eigenvalue weighted by molar-refractivity contribution is 5.82. The SMILES string of the molecule is NC(C(=O)NCC1Cc2ccccc2O1)c1ccccc1. The molecular formula is C17H18N2O2. The van der Waals surface area contributed by atoms with Crippen LogP contribution < -0.4 is 15.8 Å². The van der Waals surface area contributed by atoms with Crippen molar-refractivity contribution in [2.75, 3.05) is 6.54 Å². The third-order valence-electron chi connectivity index (χ3n) is 3.66. The van der Waals surface area contributed by atoms with E-state index in [0.29, 0.717) is 6.54 Å². The molecule has 1 aliphatic rings. The minimum absolute atomic E-state index is 0.0191. The second-order valence-electron chi connectivity index (χ2n) is 5.19. The highest BCUT2D eigenvalue weighted by Crippen LogP contribution is 2.27. The van der Waals surface area contributed by atoms with E-state index in [1.165, 1.54) is 5.56 Å². The molecule has 0 saturated heterocycles. The molecule has 0 aromatic heterocycles. The molecular weight excluding hydrogens is 264 g/mol. The van der Waals surface area contributed by atoms with Crippen molar-refractivity contribution in [1.82, 2.24) is 5.32 Å². The average Bonchev–Trinajstić information content (AvgIpc) is 2.95. The summed E-state index contributed by atoms with van der Waals surface area (Å²) in [6.07, 6.45) is 0.797. The van der Waals surface area contributed by atoms with Gasteiger partial charge in [0.05, 0.1) is 6.54 Å². The Balaban J connectivity index is 1.53. The topological polar surface area (TPSA) is 64.4 Å². The van der Waals surface area contributed by atoms with Gasteiger partial charge < -0.3 is 15.8 Å². The molecule has 2 aromatic rings. The maximum Gasteiger partial charge on any atom is 0.241 e. The van der Waals surface area contributed by atoms with Crippen molar-refractivity contribution < 1.29 is 9.53 Å². The van der Waals surface area contributed by atoms with E-state index < -0.39 is 6.04 Å². The first-order chi connectivity index (χ1) is 10.2. The van der Waals surface area contributed by atoms with E-state index >= 15 is 0 Å². The summed E-state index contributed by atoms with van der Waals surface area (Å²) in [6, 6.07) is 16.7. The van der Waals surface area contributed by atoms with Gasteiger partial charge in [-0.15, -0.1) is 0 Å². The van der Waals surface area contributed by atoms with Gasteiger partial charge in [-0.1, -0.05) is 48.5 Å². The molecule has 3 N–H and O–H groups in total. The predicted octanol–water partition coefficient (Wildman–Crippen LogP) is 1.81. The van der Waals surface area contributed by atoms with Crippen LogP contribution in [0.4, 0.5) is 0 Å². The van der Waals surface area contributed by atoms with Gasteiger partial charge in [-0.2, -0.15) is 0 Å². The number of hydrogen-bond acceptors (Lipinski definition) is 3. The molecule has 1 heterocycles. The van der Waals surface area contributed by atoms with Crippen LogP contribution in [0.15, 0.2) is 54.6 Å². The molecule has 1 aliphatic heterocycles. The number of nitrogens with one attached hydrogen (secondary N) is 1. The van der Waals surface area contributed by atoms with Crippen molar-refractivity contribution in [2.45, 2.75) is 18.6 Å². The molecule has 3 rings (SSSR count). The van der Waals surface area contributed by atoms with Crippen LogP contribution in [-0.2, 0) is 11.2 Å². The Bertz CT molecular complexity index is 603. The third-order valence-corrected chi connectivity index (χ3v) is 3.66. The zero-order chi connectivity index (χ0) is 14.7. The van der Waals surface area contributed by atoms with Crippen LogP contribution in [0, 0.1) is 0 Å². The molecule has 4 nitrogen and oxygen atoms in total. The molecule has 0 spiro atoms. The quantitative estimate of drug-likeness (QED) is 0.899. The predicted molar refractivity (Wildman–Crippen MR) is 80.9 cm³/mol. The first-order valence-corrected chi connectivity index (χ1v) is 7.07. The molecule has 0 saturated carbocycles. The number of hydrogen-bond donors (Lipinski definition) is 2. The zero-order valence-corrected chi connectivity index (χ0v) is 11.7. The van der Waals surface area contributed by atoms with Crippen molar-refractivity contribution >= 4 is 5.91 Å². The minimum atomic E-state index is -0.644. The van der Waals surface area contributed by atoms with Crippen molar-refractivity contribution in [2.24, 2.45) is 5.73 Å². The summed E-state index contributed by atoms with van der Waals surface area (Å²) in [5, 5.41) is 2.87. The van der Waals surface area contributed by atoms with Crippen molar-refractivity contribution in [1.29, 1.82) is 0 Å². The van der Waals surface area contributed by atoms with Crippen LogP contribution in [0.3, 0.4) is 0 Å². The maximum absolute atomic E-state index is 12.1. The fraction of sp³-hybridized carbons (Fsp3) is 0.235. The molecule has 0 bridgehead atoms. The monoisotopic (exact) mass is 282 g/mol. The molecule has 2 unspecified atom stereocenters. The lowest BCUT2D eigenvalue weighted by Crippen LogP contribution is -2.39. The summed E-state index contributed by atoms with van der Waals surface area (Å²) < 4.78 is 5.79. The Morgan fingerprint density at radius 3 is 2.67 bits per heavy atom. The molecule has 0 fully saturated rings. The van der Waals surface area contributed by atoms with Gasteiger partial charge in [-0.05, 0) is 17.2 Å². The Morgan fingerprint density at radius 2 is 1.90 bits per heavy atom. The molecule has 2 atom stereocenters. The van der Waals surface area contributed by atoms with Crippen LogP contribution in [0.2, 0.25) is 0 Å². The zero-order valence-electron chi connectivity index (χ0n) is 11.7. The summed E-state index contributed by atoms with van der Waals surface area (Å²) in [5.74, 6) is 0.727. The van der Waals surface area contributed by atoms with Crippen LogP contribution >= 0.6 is 0 Å². The van der Waals surface area contributed by atoms with Crippen LogP contribution in [0.5, 0.6) is 5.75 Å². The fourth-order valence-corrected chi connectivity index (χ4v) is 2.50. The van der Waals surface area contributed by atoms with E-state index in [2.05, 4.69) is 5.32 Å². The van der Waals surface area contributed by atoms with E-state index in [9.17, 15) is 4.79 Å². The average molecular weight is 282 g/mol. The standard InChI is InChI=1S/C17H18N2O2/c18-16(12-6-2-1-3-7-12)17(20)19-11-14-10-13-8-4-5-9-15(13)21-14/h1-9,14,16H,10-11,18H2,(H,19,20). The normalized spacial score (nSPS) is 17.7. The summed E-state index contributed by atoms with van der Waals surface area (Å²) in [4.78, 5) is 12.1. The lowest BCUT2D eigenvalue weighted by Gasteiger charge is -2.15. The van der Waals surface area contributed by atoms with E-state index in [4.69, 9.17) is 10.5 Å². The van der Waals surface area contributed by atoms with Gasteiger partial charge in [0.2, 0.25) is 5.91 Å². The number of benzene rings is 2. The number of amides is 1. The van der Waals surface area contributed by atoms with Gasteiger partial charge in [0.1, 0.15) is 17.9 Å². The fourth-order valence-electron chi connectivity index (χ4n) is 2.50. The smallest absolute Gasteiger partial charge is 0.241 e. The number of fused-ring (bicyclic) bond motifs is 1. The second kappa shape index (κ2) is 5.97. The van der Waals surface area contributed by atoms with Crippen molar-refractivity contribution in [3.63, 3.8) is 0 Å². The summed E-state index contributed by atoms with van der Waals surface area (Å²) in [7, 11) is 0. The van der Waals surface area contributed by atoms with Gasteiger partial charge in [-0.3, -0.25) is 4.79 Å². The van der Waals surface area contributed by atoms with E-state index in [1.807, 2.05) is 54.6 Å². The highest BCUT2D eigenvalue weighted by Gasteiger charge is 2.24. The Morgan fingerprint density at radius 1 is 1.19 bits per heavy atom. The molecule has 4 heteroatoms. The third kappa shape index (κ3) is 3.06. The van der Waals surface area contributed by atoms with Crippen molar-refractivity contribution in [3.8, 4) is 5.75 Å². The number of para-hydroxylation sites is 1. The van der Waals surface area contributed by atoms with Crippen LogP contribution in [0.25, 0.3) is 0 Å². The van der Waals surface area contributed by atoms with Gasteiger partial charge in [0, 0.05) is 6.42 Å². The van der Waals surface area contributed by atoms with Crippen LogP contribution in [0.1, 0.15) is 17.2 Å². The lowest BCUT2D eigenvalue weighted by molar-refractivity contribution is -0.122. The number of carbonyl (C=O) groups is 1. The molecule has 21 heavy (non-hydrogen) atoms. The first kappa shape index (κ1) is 13.6. The van der Waals surface area contributed by atoms with E-state index in [1.54, 1.807) is 0 Å². The molecule has 2 aromatic carbocycles. The first-order valence-electron chi connectivity index (χ1n) is 7.07. The van der Waals surface area contributed by atoms with Crippen LogP contribution in [-0.4, -0.2) is 18.6 Å². The number of ether oxygens (including phenoxy) is 1. The number of rotatable bonds is 4. The Labute approximate surface area is 123 Å². The van der Waals surface area contributed by atoms with Gasteiger partial charge in [0.25, 0.3) is 0 Å². The number of carbonyl (C=O) groups excluding carboxylic acids is 1. The minimum Gasteiger partial charge on any atom is -0.488 e. The summed E-state index contributed by atoms with van der Waals surface area (Å²) in [6.45, 7) is 0.466. The molecule has 0 radical (unpaired) electrons. The Kier molecular flexibility index (Phi) is 3.88. The van der Waals surface area contributed by atoms with E-state index in [-0.39, 0.29) is 12.0 Å². The summed E-state index contributed by atoms with van der Waals surface area (Å²) >= 11 is 0. The maximum atomic E-state index is 12.1. The number of nitrogens with two attached hydrogens (primary N) is 1. The second-order valence-corrected chi connectivity index (χ2v) is 5.19. The molecule has 108 valence electrons. The summed E-state index contributed by atoms with van der Waals surface area (Å²) in [5.41, 5.74) is 7.95. The largest absolute Gasteiger partial charge is 0.488 e. The molecule has 0 aliphatic carbocycles. The van der Waals surface area contributed by atoms with Gasteiger partial charge in [0.15, 0.2) is 0 Å². The molecule has 1 amide bonds. The van der Waals surface area contributed by atoms with Crippen molar-refractivity contribution in [3.05, 3.63) is 65.7 Å². The van der Waals surface area contributed by atoms with Gasteiger partial charge in [-0.25, -0.2) is 0 Å². The van der Waals surface area contributed by atoms with E-state index in [0.717, 1.165) is 17.7 Å². The highest BCUT2D eigenvalue weighted by atomic mass is 16.5. The van der Waals surface area contributed by atoms with Gasteiger partial charge >= 0.3 is 0 Å². The lowest BCUT2D eigenvalue weighted by atomic mass is 10.1.